The number of ether oxygens (including phenoxy) is 1. The van der Waals surface area contributed by atoms with E-state index in [4.69, 9.17) is 4.74 Å². The topological polar surface area (TPSA) is 46.6 Å². The Kier molecular flexibility index (Phi) is 5.09. The van der Waals surface area contributed by atoms with E-state index in [1.807, 2.05) is 6.07 Å². The van der Waals surface area contributed by atoms with Crippen LogP contribution < -0.4 is 4.74 Å². The fourth-order valence-corrected chi connectivity index (χ4v) is 4.86. The molecule has 0 amide bonds. The second kappa shape index (κ2) is 7.37. The molecule has 2 aromatic rings. The van der Waals surface area contributed by atoms with Gasteiger partial charge in [0, 0.05) is 35.7 Å². The smallest absolute Gasteiger partial charge is 0.308 e. The maximum atomic E-state index is 13.7. The first-order valence-electron chi connectivity index (χ1n) is 8.98. The number of esters is 1. The van der Waals surface area contributed by atoms with Crippen LogP contribution in [0.2, 0.25) is 0 Å². The van der Waals surface area contributed by atoms with Crippen LogP contribution in [-0.4, -0.2) is 23.2 Å². The fourth-order valence-electron chi connectivity index (χ4n) is 3.59. The van der Waals surface area contributed by atoms with Crippen LogP contribution in [0, 0.1) is 11.7 Å². The van der Waals surface area contributed by atoms with Gasteiger partial charge in [-0.25, -0.2) is 4.39 Å². The molecule has 1 atom stereocenters. The molecule has 0 radical (unpaired) electrons. The number of benzene rings is 1. The molecule has 142 valence electrons. The first kappa shape index (κ1) is 18.7. The van der Waals surface area contributed by atoms with Gasteiger partial charge >= 0.3 is 5.97 Å². The van der Waals surface area contributed by atoms with Gasteiger partial charge in [-0.15, -0.1) is 24.0 Å². The molecule has 0 saturated heterocycles. The third-order valence-corrected chi connectivity index (χ3v) is 6.48. The second-order valence-electron chi connectivity index (χ2n) is 7.12. The molecule has 2 heterocycles. The lowest BCUT2D eigenvalue weighted by Gasteiger charge is -2.34. The average molecular weight is 406 g/mol. The number of hydrogen-bond donors (Lipinski definition) is 1. The maximum Gasteiger partial charge on any atom is 0.308 e. The number of fused-ring (bicyclic) bond motifs is 1. The summed E-state index contributed by atoms with van der Waals surface area (Å²) in [6.45, 7) is 2.73. The minimum Gasteiger partial charge on any atom is -0.416 e. The predicted molar refractivity (Wildman–Crippen MR) is 104 cm³/mol. The zero-order valence-electron chi connectivity index (χ0n) is 14.9. The Morgan fingerprint density at radius 2 is 2.11 bits per heavy atom. The molecule has 1 unspecified atom stereocenters. The molecule has 4 rings (SSSR count). The van der Waals surface area contributed by atoms with Crippen molar-refractivity contribution < 1.29 is 18.7 Å². The van der Waals surface area contributed by atoms with Crippen molar-refractivity contribution in [1.29, 1.82) is 0 Å². The summed E-state index contributed by atoms with van der Waals surface area (Å²) >= 11 is 5.68. The van der Waals surface area contributed by atoms with Gasteiger partial charge in [-0.3, -0.25) is 14.5 Å². The number of Topliss-reactive ketones (excluding diaryl/α,β-unsaturated/α-hetero) is 1. The lowest BCUT2D eigenvalue weighted by Crippen LogP contribution is -2.38. The number of nitrogens with zero attached hydrogens (tertiary/aromatic N) is 1. The zero-order chi connectivity index (χ0) is 19.1. The summed E-state index contributed by atoms with van der Waals surface area (Å²) in [5.74, 6) is -0.415. The highest BCUT2D eigenvalue weighted by Crippen LogP contribution is 2.41. The predicted octanol–water partition coefficient (Wildman–Crippen LogP) is 4.18. The third kappa shape index (κ3) is 3.95. The number of carbonyl (C=O) groups excluding carboxylic acids is 2. The molecule has 7 heteroatoms. The van der Waals surface area contributed by atoms with E-state index in [-0.39, 0.29) is 28.4 Å². The van der Waals surface area contributed by atoms with Crippen LogP contribution in [-0.2, 0) is 22.6 Å². The number of ketones is 1. The highest BCUT2D eigenvalue weighted by Gasteiger charge is 2.39. The number of rotatable bonds is 5. The number of thiophene rings is 1. The highest BCUT2D eigenvalue weighted by molar-refractivity contribution is 7.80. The largest absolute Gasteiger partial charge is 0.416 e. The summed E-state index contributed by atoms with van der Waals surface area (Å²) in [7, 11) is 0. The zero-order valence-corrected chi connectivity index (χ0v) is 16.6. The van der Waals surface area contributed by atoms with Gasteiger partial charge in [-0.05, 0) is 48.6 Å². The van der Waals surface area contributed by atoms with Gasteiger partial charge in [0.05, 0.1) is 6.04 Å². The second-order valence-corrected chi connectivity index (χ2v) is 8.70. The Labute approximate surface area is 166 Å². The van der Waals surface area contributed by atoms with Gasteiger partial charge in [0.2, 0.25) is 0 Å². The Bertz CT molecular complexity index is 907. The molecule has 1 aliphatic carbocycles. The Morgan fingerprint density at radius 1 is 1.33 bits per heavy atom. The number of halogens is 1. The fraction of sp³-hybridized carbons (Fsp3) is 0.400. The molecule has 4 nitrogen and oxygen atoms in total. The normalized spacial score (nSPS) is 18.0. The van der Waals surface area contributed by atoms with Gasteiger partial charge in [0.15, 0.2) is 10.8 Å². The standard InChI is InChI=1S/C20H20FNO3S2/c1-11(23)25-18-9-14-10-22(7-6-17(14)27-18)19(20(24)12-2-3-12)13-4-5-15(21)16(26)8-13/h4-5,8-9,12,19,26H,2-3,6-7,10H2,1H3. The maximum absolute atomic E-state index is 13.7. The molecule has 0 spiro atoms. The monoisotopic (exact) mass is 405 g/mol. The first-order valence-corrected chi connectivity index (χ1v) is 10.2. The highest BCUT2D eigenvalue weighted by atomic mass is 32.1. The van der Waals surface area contributed by atoms with Crippen LogP contribution in [0.3, 0.4) is 0 Å². The van der Waals surface area contributed by atoms with Crippen LogP contribution in [0.15, 0.2) is 29.2 Å². The Hall–Kier alpha value is -1.70. The summed E-state index contributed by atoms with van der Waals surface area (Å²) in [6, 6.07) is 6.23. The molecular formula is C20H20FNO3S2. The molecule has 2 aliphatic rings. The molecule has 1 saturated carbocycles. The minimum atomic E-state index is -0.394. The van der Waals surface area contributed by atoms with E-state index in [1.54, 1.807) is 12.1 Å². The van der Waals surface area contributed by atoms with Crippen molar-refractivity contribution in [3.63, 3.8) is 0 Å². The molecule has 1 aliphatic heterocycles. The van der Waals surface area contributed by atoms with Crippen molar-refractivity contribution in [2.24, 2.45) is 5.92 Å². The molecule has 0 bridgehead atoms. The number of thiol groups is 1. The van der Waals surface area contributed by atoms with Crippen LogP contribution in [0.5, 0.6) is 5.06 Å². The van der Waals surface area contributed by atoms with Crippen molar-refractivity contribution in [2.45, 2.75) is 43.7 Å². The van der Waals surface area contributed by atoms with Crippen molar-refractivity contribution in [3.8, 4) is 5.06 Å². The Morgan fingerprint density at radius 3 is 2.78 bits per heavy atom. The molecule has 1 aromatic heterocycles. The first-order chi connectivity index (χ1) is 12.9. The van der Waals surface area contributed by atoms with E-state index >= 15 is 0 Å². The van der Waals surface area contributed by atoms with Gasteiger partial charge in [-0.1, -0.05) is 6.07 Å². The molecular weight excluding hydrogens is 385 g/mol. The molecule has 27 heavy (non-hydrogen) atoms. The van der Waals surface area contributed by atoms with Gasteiger partial charge in [0.1, 0.15) is 5.82 Å². The van der Waals surface area contributed by atoms with Crippen LogP contribution >= 0.6 is 24.0 Å². The number of carbonyl (C=O) groups is 2. The van der Waals surface area contributed by atoms with Crippen LogP contribution in [0.25, 0.3) is 0 Å². The minimum absolute atomic E-state index is 0.101. The SMILES string of the molecule is CC(=O)Oc1cc2c(s1)CCN(C(C(=O)C1CC1)c1ccc(F)c(S)c1)C2. The van der Waals surface area contributed by atoms with Crippen LogP contribution in [0.1, 0.15) is 41.8 Å². The number of hydrogen-bond acceptors (Lipinski definition) is 6. The van der Waals surface area contributed by atoms with Crippen molar-refractivity contribution >= 4 is 35.7 Å². The van der Waals surface area contributed by atoms with E-state index < -0.39 is 6.04 Å². The van der Waals surface area contributed by atoms with Gasteiger partial charge in [0.25, 0.3) is 0 Å². The summed E-state index contributed by atoms with van der Waals surface area (Å²) in [5.41, 5.74) is 1.88. The van der Waals surface area contributed by atoms with Crippen molar-refractivity contribution in [2.75, 3.05) is 6.54 Å². The van der Waals surface area contributed by atoms with E-state index in [9.17, 15) is 14.0 Å². The van der Waals surface area contributed by atoms with Crippen molar-refractivity contribution in [1.82, 2.24) is 4.90 Å². The summed E-state index contributed by atoms with van der Waals surface area (Å²) in [4.78, 5) is 27.8. The van der Waals surface area contributed by atoms with Gasteiger partial charge in [-0.2, -0.15) is 0 Å². The van der Waals surface area contributed by atoms with Crippen molar-refractivity contribution in [3.05, 3.63) is 46.1 Å². The third-order valence-electron chi connectivity index (χ3n) is 5.02. The van der Waals surface area contributed by atoms with Crippen LogP contribution in [0.4, 0.5) is 4.39 Å². The average Bonchev–Trinajstić information content (AvgIpc) is 3.38. The summed E-state index contributed by atoms with van der Waals surface area (Å²) in [6.07, 6.45) is 2.65. The van der Waals surface area contributed by atoms with E-state index in [2.05, 4.69) is 17.5 Å². The summed E-state index contributed by atoms with van der Waals surface area (Å²) < 4.78 is 18.9. The molecule has 0 N–H and O–H groups in total. The lowest BCUT2D eigenvalue weighted by molar-refractivity contribution is -0.131. The Balaban J connectivity index is 1.62. The van der Waals surface area contributed by atoms with E-state index in [1.165, 1.54) is 29.2 Å². The van der Waals surface area contributed by atoms with E-state index in [0.717, 1.165) is 36.9 Å². The molecule has 1 aromatic carbocycles. The summed E-state index contributed by atoms with van der Waals surface area (Å²) in [5, 5.41) is 0.596. The molecule has 1 fully saturated rings. The van der Waals surface area contributed by atoms with Gasteiger partial charge < -0.3 is 4.74 Å². The quantitative estimate of drug-likeness (QED) is 0.599. The lowest BCUT2D eigenvalue weighted by atomic mass is 9.95. The van der Waals surface area contributed by atoms with E-state index in [0.29, 0.717) is 11.6 Å².